The molecule has 0 bridgehead atoms. The van der Waals surface area contributed by atoms with Gasteiger partial charge < -0.3 is 14.4 Å². The second-order valence-corrected chi connectivity index (χ2v) is 11.7. The molecule has 1 aromatic carbocycles. The average molecular weight is 528 g/mol. The van der Waals surface area contributed by atoms with Crippen LogP contribution in [0.15, 0.2) is 45.6 Å². The Bertz CT molecular complexity index is 1300. The fourth-order valence-corrected chi connectivity index (χ4v) is 6.77. The molecule has 0 amide bonds. The highest BCUT2D eigenvalue weighted by Crippen LogP contribution is 2.42. The number of nitrogens with zero attached hydrogens (tertiary/aromatic N) is 5. The van der Waals surface area contributed by atoms with Crippen molar-refractivity contribution in [2.24, 2.45) is 5.41 Å². The van der Waals surface area contributed by atoms with E-state index in [1.54, 1.807) is 17.1 Å². The molecular weight excluding hydrogens is 498 g/mol. The third-order valence-electron chi connectivity index (χ3n) is 7.69. The van der Waals surface area contributed by atoms with E-state index in [0.717, 1.165) is 74.1 Å². The second kappa shape index (κ2) is 9.93. The van der Waals surface area contributed by atoms with Gasteiger partial charge in [0.15, 0.2) is 0 Å². The standard InChI is InChI=1S/C26H30ClN5O3S/c1-17-11-26(15-35-17)6-8-31(9-7-26)21-12-29-22(13-28-21)36-20-5-4-19-23(24(20)27)25(33)32(16-30-19)14-18-3-2-10-34-18/h4-5,12-13,16-18H,2-3,6-11,14-15H2,1H3/t17-,18?/m0/s1. The SMILES string of the molecule is C[C@H]1CC2(CCN(c3cnc(Sc4ccc5ncn(CC6CCCO6)c(=O)c5c4Cl)cn3)CC2)CO1. The molecule has 3 saturated heterocycles. The molecule has 8 nitrogen and oxygen atoms in total. The number of aromatic nitrogens is 4. The average Bonchev–Trinajstić information content (AvgIpc) is 3.53. The molecule has 6 rings (SSSR count). The molecule has 5 heterocycles. The highest BCUT2D eigenvalue weighted by atomic mass is 35.5. The van der Waals surface area contributed by atoms with Crippen molar-refractivity contribution < 1.29 is 9.47 Å². The van der Waals surface area contributed by atoms with E-state index in [2.05, 4.69) is 26.8 Å². The van der Waals surface area contributed by atoms with Crippen LogP contribution in [0.1, 0.15) is 39.0 Å². The fourth-order valence-electron chi connectivity index (χ4n) is 5.65. The zero-order chi connectivity index (χ0) is 24.7. The number of piperidine rings is 1. The number of rotatable bonds is 5. The van der Waals surface area contributed by atoms with Crippen molar-refractivity contribution >= 4 is 40.1 Å². The largest absolute Gasteiger partial charge is 0.378 e. The van der Waals surface area contributed by atoms with Crippen molar-refractivity contribution in [2.45, 2.75) is 67.7 Å². The maximum Gasteiger partial charge on any atom is 0.262 e. The summed E-state index contributed by atoms with van der Waals surface area (Å²) >= 11 is 8.14. The van der Waals surface area contributed by atoms with Crippen molar-refractivity contribution in [1.82, 2.24) is 19.5 Å². The molecule has 1 unspecified atom stereocenters. The highest BCUT2D eigenvalue weighted by Gasteiger charge is 2.41. The first-order chi connectivity index (χ1) is 17.5. The third-order valence-corrected chi connectivity index (χ3v) is 9.18. The minimum Gasteiger partial charge on any atom is -0.378 e. The molecule has 190 valence electrons. The molecule has 0 aliphatic carbocycles. The summed E-state index contributed by atoms with van der Waals surface area (Å²) in [6.45, 7) is 6.23. The van der Waals surface area contributed by atoms with Gasteiger partial charge in [-0.1, -0.05) is 23.4 Å². The number of hydrogen-bond donors (Lipinski definition) is 0. The number of anilines is 1. The molecule has 0 N–H and O–H groups in total. The summed E-state index contributed by atoms with van der Waals surface area (Å²) in [7, 11) is 0. The van der Waals surface area contributed by atoms with E-state index < -0.39 is 0 Å². The second-order valence-electron chi connectivity index (χ2n) is 10.2. The lowest BCUT2D eigenvalue weighted by atomic mass is 9.77. The maximum absolute atomic E-state index is 13.2. The van der Waals surface area contributed by atoms with Gasteiger partial charge in [-0.25, -0.2) is 15.0 Å². The van der Waals surface area contributed by atoms with Gasteiger partial charge in [-0.15, -0.1) is 0 Å². The Labute approximate surface area is 219 Å². The first-order valence-electron chi connectivity index (χ1n) is 12.7. The van der Waals surface area contributed by atoms with Crippen LogP contribution >= 0.6 is 23.4 Å². The number of halogens is 1. The van der Waals surface area contributed by atoms with Crippen LogP contribution in [0.2, 0.25) is 5.02 Å². The zero-order valence-corrected chi connectivity index (χ0v) is 21.9. The predicted molar refractivity (Wildman–Crippen MR) is 140 cm³/mol. The monoisotopic (exact) mass is 527 g/mol. The molecule has 1 spiro atoms. The Balaban J connectivity index is 1.17. The lowest BCUT2D eigenvalue weighted by Crippen LogP contribution is -2.41. The van der Waals surface area contributed by atoms with Gasteiger partial charge in [-0.05, 0) is 56.6 Å². The van der Waals surface area contributed by atoms with Crippen LogP contribution in [0.5, 0.6) is 0 Å². The Hall–Kier alpha value is -2.20. The normalized spacial score (nSPS) is 23.7. The fraction of sp³-hybridized carbons (Fsp3) is 0.538. The Morgan fingerprint density at radius 2 is 2.03 bits per heavy atom. The van der Waals surface area contributed by atoms with Gasteiger partial charge >= 0.3 is 0 Å². The predicted octanol–water partition coefficient (Wildman–Crippen LogP) is 4.57. The smallest absolute Gasteiger partial charge is 0.262 e. The van der Waals surface area contributed by atoms with Crippen molar-refractivity contribution in [3.05, 3.63) is 46.2 Å². The van der Waals surface area contributed by atoms with E-state index in [0.29, 0.717) is 34.0 Å². The number of hydrogen-bond acceptors (Lipinski definition) is 8. The minimum atomic E-state index is -0.144. The molecule has 3 aliphatic rings. The van der Waals surface area contributed by atoms with Crippen LogP contribution in [-0.2, 0) is 16.0 Å². The van der Waals surface area contributed by atoms with Crippen molar-refractivity contribution in [3.63, 3.8) is 0 Å². The highest BCUT2D eigenvalue weighted by molar-refractivity contribution is 7.99. The molecule has 2 atom stereocenters. The van der Waals surface area contributed by atoms with E-state index in [-0.39, 0.29) is 11.7 Å². The Morgan fingerprint density at radius 3 is 2.72 bits per heavy atom. The van der Waals surface area contributed by atoms with Crippen molar-refractivity contribution in [1.29, 1.82) is 0 Å². The van der Waals surface area contributed by atoms with Crippen LogP contribution in [0.3, 0.4) is 0 Å². The maximum atomic E-state index is 13.2. The molecule has 2 aromatic heterocycles. The molecular formula is C26H30ClN5O3S. The van der Waals surface area contributed by atoms with E-state index >= 15 is 0 Å². The molecule has 3 fully saturated rings. The van der Waals surface area contributed by atoms with Crippen LogP contribution < -0.4 is 10.5 Å². The van der Waals surface area contributed by atoms with Crippen LogP contribution in [0, 0.1) is 5.41 Å². The lowest BCUT2D eigenvalue weighted by Gasteiger charge is -2.38. The van der Waals surface area contributed by atoms with Crippen LogP contribution in [0.25, 0.3) is 10.9 Å². The molecule has 3 aliphatic heterocycles. The summed E-state index contributed by atoms with van der Waals surface area (Å²) in [5.41, 5.74) is 0.780. The van der Waals surface area contributed by atoms with Crippen molar-refractivity contribution in [3.8, 4) is 0 Å². The topological polar surface area (TPSA) is 82.4 Å². The summed E-state index contributed by atoms with van der Waals surface area (Å²) in [6.07, 6.45) is 11.0. The third kappa shape index (κ3) is 4.74. The quantitative estimate of drug-likeness (QED) is 0.477. The molecule has 36 heavy (non-hydrogen) atoms. The molecule has 0 radical (unpaired) electrons. The first-order valence-corrected chi connectivity index (χ1v) is 13.8. The van der Waals surface area contributed by atoms with Gasteiger partial charge in [0.1, 0.15) is 10.8 Å². The van der Waals surface area contributed by atoms with Gasteiger partial charge in [-0.2, -0.15) is 0 Å². The molecule has 3 aromatic rings. The Morgan fingerprint density at radius 1 is 1.17 bits per heavy atom. The minimum absolute atomic E-state index is 0.0487. The van der Waals surface area contributed by atoms with E-state index in [4.69, 9.17) is 21.1 Å². The molecule has 0 saturated carbocycles. The number of benzene rings is 1. The van der Waals surface area contributed by atoms with Crippen molar-refractivity contribution in [2.75, 3.05) is 31.2 Å². The zero-order valence-electron chi connectivity index (χ0n) is 20.4. The first kappa shape index (κ1) is 24.2. The summed E-state index contributed by atoms with van der Waals surface area (Å²) in [5.74, 6) is 0.895. The van der Waals surface area contributed by atoms with Crippen LogP contribution in [0.4, 0.5) is 5.82 Å². The van der Waals surface area contributed by atoms with Gasteiger partial charge in [0.25, 0.3) is 5.56 Å². The summed E-state index contributed by atoms with van der Waals surface area (Å²) in [4.78, 5) is 30.1. The lowest BCUT2D eigenvalue weighted by molar-refractivity contribution is 0.0960. The Kier molecular flexibility index (Phi) is 6.66. The summed E-state index contributed by atoms with van der Waals surface area (Å²) < 4.78 is 13.1. The van der Waals surface area contributed by atoms with Crippen LogP contribution in [-0.4, -0.2) is 58.0 Å². The summed E-state index contributed by atoms with van der Waals surface area (Å²) in [6, 6.07) is 3.72. The van der Waals surface area contributed by atoms with Gasteiger partial charge in [-0.3, -0.25) is 9.36 Å². The van der Waals surface area contributed by atoms with E-state index in [1.165, 1.54) is 11.8 Å². The van der Waals surface area contributed by atoms with E-state index in [1.807, 2.05) is 18.3 Å². The summed E-state index contributed by atoms with van der Waals surface area (Å²) in [5, 5.41) is 1.56. The van der Waals surface area contributed by atoms with Gasteiger partial charge in [0.05, 0.1) is 60.0 Å². The van der Waals surface area contributed by atoms with Gasteiger partial charge in [0, 0.05) is 24.6 Å². The number of ether oxygens (including phenoxy) is 2. The number of fused-ring (bicyclic) bond motifs is 1. The molecule has 10 heteroatoms. The van der Waals surface area contributed by atoms with E-state index in [9.17, 15) is 4.79 Å². The van der Waals surface area contributed by atoms with Gasteiger partial charge in [0.2, 0.25) is 0 Å².